The summed E-state index contributed by atoms with van der Waals surface area (Å²) in [5, 5.41) is 0.355. The third-order valence-corrected chi connectivity index (χ3v) is 3.72. The highest BCUT2D eigenvalue weighted by Crippen LogP contribution is 2.40. The molecule has 13 heavy (non-hydrogen) atoms. The maximum absolute atomic E-state index is 11.4. The SMILES string of the molecule is COC(=O)C(SC(C)CN)C1CC1. The lowest BCUT2D eigenvalue weighted by molar-refractivity contribution is -0.140. The summed E-state index contributed by atoms with van der Waals surface area (Å²) in [6.45, 7) is 2.66. The van der Waals surface area contributed by atoms with Crippen LogP contribution in [-0.2, 0) is 9.53 Å². The fourth-order valence-corrected chi connectivity index (χ4v) is 2.49. The van der Waals surface area contributed by atoms with Gasteiger partial charge in [0.2, 0.25) is 0 Å². The minimum Gasteiger partial charge on any atom is -0.468 e. The Hall–Kier alpha value is -0.220. The van der Waals surface area contributed by atoms with Crippen molar-refractivity contribution in [3.8, 4) is 0 Å². The van der Waals surface area contributed by atoms with Gasteiger partial charge in [-0.05, 0) is 18.8 Å². The fraction of sp³-hybridized carbons (Fsp3) is 0.889. The molecule has 0 saturated heterocycles. The molecule has 0 bridgehead atoms. The maximum Gasteiger partial charge on any atom is 0.319 e. The highest BCUT2D eigenvalue weighted by Gasteiger charge is 2.38. The summed E-state index contributed by atoms with van der Waals surface area (Å²) < 4.78 is 4.76. The first-order valence-electron chi connectivity index (χ1n) is 4.62. The molecule has 0 aliphatic heterocycles. The average Bonchev–Trinajstić information content (AvgIpc) is 2.95. The Kier molecular flexibility index (Phi) is 4.06. The van der Waals surface area contributed by atoms with Crippen molar-refractivity contribution in [2.24, 2.45) is 11.7 Å². The van der Waals surface area contributed by atoms with E-state index < -0.39 is 0 Å². The third kappa shape index (κ3) is 3.19. The first-order valence-corrected chi connectivity index (χ1v) is 5.56. The molecule has 0 spiro atoms. The van der Waals surface area contributed by atoms with E-state index in [1.54, 1.807) is 11.8 Å². The number of carbonyl (C=O) groups is 1. The topological polar surface area (TPSA) is 52.3 Å². The first-order chi connectivity index (χ1) is 6.19. The van der Waals surface area contributed by atoms with Gasteiger partial charge in [0.05, 0.1) is 7.11 Å². The number of hydrogen-bond acceptors (Lipinski definition) is 4. The molecule has 2 N–H and O–H groups in total. The van der Waals surface area contributed by atoms with Gasteiger partial charge in [0, 0.05) is 11.8 Å². The van der Waals surface area contributed by atoms with E-state index >= 15 is 0 Å². The predicted octanol–water partition coefficient (Wildman–Crippen LogP) is 1.02. The molecule has 0 aromatic carbocycles. The Morgan fingerprint density at radius 3 is 2.69 bits per heavy atom. The number of methoxy groups -OCH3 is 1. The molecule has 0 aromatic rings. The minimum atomic E-state index is -0.0900. The molecule has 2 atom stereocenters. The van der Waals surface area contributed by atoms with Crippen molar-refractivity contribution in [1.82, 2.24) is 0 Å². The predicted molar refractivity (Wildman–Crippen MR) is 54.6 cm³/mol. The normalized spacial score (nSPS) is 20.8. The molecule has 1 fully saturated rings. The van der Waals surface area contributed by atoms with E-state index in [0.717, 1.165) is 12.8 Å². The van der Waals surface area contributed by atoms with Crippen LogP contribution in [0, 0.1) is 5.92 Å². The lowest BCUT2D eigenvalue weighted by Crippen LogP contribution is -2.26. The van der Waals surface area contributed by atoms with Crippen LogP contribution in [0.2, 0.25) is 0 Å². The summed E-state index contributed by atoms with van der Waals surface area (Å²) in [4.78, 5) is 11.4. The molecule has 0 amide bonds. The van der Waals surface area contributed by atoms with E-state index in [9.17, 15) is 4.79 Å². The number of rotatable bonds is 5. The fourth-order valence-electron chi connectivity index (χ4n) is 1.18. The van der Waals surface area contributed by atoms with Gasteiger partial charge in [0.15, 0.2) is 0 Å². The molecular weight excluding hydrogens is 186 g/mol. The minimum absolute atomic E-state index is 0.0172. The van der Waals surface area contributed by atoms with E-state index in [1.807, 2.05) is 6.92 Å². The highest BCUT2D eigenvalue weighted by atomic mass is 32.2. The summed E-state index contributed by atoms with van der Waals surface area (Å²) >= 11 is 1.65. The molecule has 0 heterocycles. The van der Waals surface area contributed by atoms with Gasteiger partial charge in [0.25, 0.3) is 0 Å². The zero-order valence-corrected chi connectivity index (χ0v) is 8.97. The van der Waals surface area contributed by atoms with Crippen molar-refractivity contribution in [3.05, 3.63) is 0 Å². The molecule has 4 heteroatoms. The highest BCUT2D eigenvalue weighted by molar-refractivity contribution is 8.01. The van der Waals surface area contributed by atoms with Crippen LogP contribution in [0.4, 0.5) is 0 Å². The smallest absolute Gasteiger partial charge is 0.319 e. The van der Waals surface area contributed by atoms with E-state index in [1.165, 1.54) is 7.11 Å². The van der Waals surface area contributed by atoms with Gasteiger partial charge in [0.1, 0.15) is 5.25 Å². The van der Waals surface area contributed by atoms with Gasteiger partial charge in [-0.1, -0.05) is 6.92 Å². The summed E-state index contributed by atoms with van der Waals surface area (Å²) in [5.74, 6) is 0.444. The van der Waals surface area contributed by atoms with Crippen LogP contribution in [-0.4, -0.2) is 30.1 Å². The van der Waals surface area contributed by atoms with E-state index in [-0.39, 0.29) is 11.2 Å². The number of ether oxygens (including phenoxy) is 1. The summed E-state index contributed by atoms with van der Waals surface area (Å²) in [7, 11) is 1.45. The number of esters is 1. The lowest BCUT2D eigenvalue weighted by Gasteiger charge is -2.16. The van der Waals surface area contributed by atoms with Gasteiger partial charge >= 0.3 is 5.97 Å². The van der Waals surface area contributed by atoms with Crippen molar-refractivity contribution in [1.29, 1.82) is 0 Å². The first kappa shape index (κ1) is 10.9. The Morgan fingerprint density at radius 1 is 1.69 bits per heavy atom. The van der Waals surface area contributed by atoms with Crippen molar-refractivity contribution in [2.75, 3.05) is 13.7 Å². The molecule has 0 radical (unpaired) electrons. The van der Waals surface area contributed by atoms with Gasteiger partial charge in [-0.2, -0.15) is 0 Å². The van der Waals surface area contributed by atoms with Gasteiger partial charge in [-0.15, -0.1) is 11.8 Å². The second kappa shape index (κ2) is 4.86. The Labute approximate surface area is 83.4 Å². The van der Waals surface area contributed by atoms with Gasteiger partial charge < -0.3 is 10.5 Å². The molecular formula is C9H17NO2S. The van der Waals surface area contributed by atoms with Crippen LogP contribution >= 0.6 is 11.8 Å². The van der Waals surface area contributed by atoms with Crippen LogP contribution in [0.3, 0.4) is 0 Å². The zero-order valence-electron chi connectivity index (χ0n) is 8.16. The Balaban J connectivity index is 2.42. The van der Waals surface area contributed by atoms with E-state index in [2.05, 4.69) is 0 Å². The molecule has 76 valence electrons. The van der Waals surface area contributed by atoms with Crippen LogP contribution < -0.4 is 5.73 Å². The molecule has 0 aromatic heterocycles. The summed E-state index contributed by atoms with van der Waals surface area (Å²) in [5.41, 5.74) is 5.51. The standard InChI is InChI=1S/C9H17NO2S/c1-6(5-10)13-8(7-3-4-7)9(11)12-2/h6-8H,3-5,10H2,1-2H3. The average molecular weight is 203 g/mol. The number of hydrogen-bond donors (Lipinski definition) is 1. The van der Waals surface area contributed by atoms with Crippen LogP contribution in [0.25, 0.3) is 0 Å². The Morgan fingerprint density at radius 2 is 2.31 bits per heavy atom. The molecule has 1 saturated carbocycles. The monoisotopic (exact) mass is 203 g/mol. The van der Waals surface area contributed by atoms with Crippen molar-refractivity contribution in [2.45, 2.75) is 30.3 Å². The van der Waals surface area contributed by atoms with Crippen LogP contribution in [0.15, 0.2) is 0 Å². The van der Waals surface area contributed by atoms with Crippen molar-refractivity contribution >= 4 is 17.7 Å². The number of nitrogens with two attached hydrogens (primary N) is 1. The largest absolute Gasteiger partial charge is 0.468 e. The van der Waals surface area contributed by atoms with Crippen LogP contribution in [0.5, 0.6) is 0 Å². The van der Waals surface area contributed by atoms with Crippen LogP contribution in [0.1, 0.15) is 19.8 Å². The second-order valence-electron chi connectivity index (χ2n) is 3.46. The lowest BCUT2D eigenvalue weighted by atomic mass is 10.3. The summed E-state index contributed by atoms with van der Waals surface area (Å²) in [6, 6.07) is 0. The van der Waals surface area contributed by atoms with Crippen molar-refractivity contribution in [3.63, 3.8) is 0 Å². The molecule has 1 aliphatic carbocycles. The second-order valence-corrected chi connectivity index (χ2v) is 5.05. The molecule has 2 unspecified atom stereocenters. The van der Waals surface area contributed by atoms with E-state index in [0.29, 0.717) is 17.7 Å². The van der Waals surface area contributed by atoms with Gasteiger partial charge in [-0.3, -0.25) is 4.79 Å². The van der Waals surface area contributed by atoms with E-state index in [4.69, 9.17) is 10.5 Å². The quantitative estimate of drug-likeness (QED) is 0.678. The Bertz CT molecular complexity index is 182. The number of carbonyl (C=O) groups excluding carboxylic acids is 1. The molecule has 3 nitrogen and oxygen atoms in total. The molecule has 1 rings (SSSR count). The third-order valence-electron chi connectivity index (χ3n) is 2.19. The maximum atomic E-state index is 11.4. The molecule has 1 aliphatic rings. The van der Waals surface area contributed by atoms with Crippen molar-refractivity contribution < 1.29 is 9.53 Å². The number of thioether (sulfide) groups is 1. The van der Waals surface area contributed by atoms with Gasteiger partial charge in [-0.25, -0.2) is 0 Å². The zero-order chi connectivity index (χ0) is 9.84. The summed E-state index contributed by atoms with van der Waals surface area (Å²) in [6.07, 6.45) is 2.31.